The summed E-state index contributed by atoms with van der Waals surface area (Å²) in [5.74, 6) is 0.800. The Labute approximate surface area is 130 Å². The zero-order valence-corrected chi connectivity index (χ0v) is 14.2. The average Bonchev–Trinajstić information content (AvgIpc) is 2.44. The highest BCUT2D eigenvalue weighted by Crippen LogP contribution is 2.48. The van der Waals surface area contributed by atoms with E-state index in [-0.39, 0.29) is 0 Å². The first-order chi connectivity index (χ1) is 9.90. The molecular weight excluding hydrogens is 260 g/mol. The normalized spacial score (nSPS) is 27.7. The van der Waals surface area contributed by atoms with Gasteiger partial charge in [0.05, 0.1) is 0 Å². The maximum absolute atomic E-state index is 12.6. The fourth-order valence-electron chi connectivity index (χ4n) is 4.40. The zero-order valence-electron chi connectivity index (χ0n) is 14.2. The van der Waals surface area contributed by atoms with E-state index in [1.54, 1.807) is 0 Å². The molecule has 0 aromatic rings. The number of amides is 1. The van der Waals surface area contributed by atoms with Gasteiger partial charge in [-0.3, -0.25) is 9.69 Å². The van der Waals surface area contributed by atoms with Crippen LogP contribution in [0.2, 0.25) is 0 Å². The molecule has 3 rings (SSSR count). The molecule has 0 atom stereocenters. The minimum Gasteiger partial charge on any atom is -0.342 e. The highest BCUT2D eigenvalue weighted by Gasteiger charge is 2.49. The lowest BCUT2D eigenvalue weighted by molar-refractivity contribution is -0.141. The van der Waals surface area contributed by atoms with E-state index in [1.165, 1.54) is 45.2 Å². The van der Waals surface area contributed by atoms with Crippen molar-refractivity contribution in [3.63, 3.8) is 0 Å². The number of rotatable bonds is 1. The van der Waals surface area contributed by atoms with Gasteiger partial charge in [0.25, 0.3) is 0 Å². The van der Waals surface area contributed by atoms with Gasteiger partial charge >= 0.3 is 0 Å². The van der Waals surface area contributed by atoms with Crippen molar-refractivity contribution in [1.29, 1.82) is 0 Å². The van der Waals surface area contributed by atoms with Crippen LogP contribution in [0.3, 0.4) is 0 Å². The predicted molar refractivity (Wildman–Crippen MR) is 86.1 cm³/mol. The van der Waals surface area contributed by atoms with Crippen molar-refractivity contribution in [3.05, 3.63) is 0 Å². The van der Waals surface area contributed by atoms with Crippen molar-refractivity contribution >= 4 is 5.91 Å². The summed E-state index contributed by atoms with van der Waals surface area (Å²) in [5.41, 5.74) is 0.859. The van der Waals surface area contributed by atoms with Crippen LogP contribution in [-0.4, -0.2) is 47.4 Å². The molecule has 120 valence electrons. The quantitative estimate of drug-likeness (QED) is 0.740. The Balaban J connectivity index is 1.48. The summed E-state index contributed by atoms with van der Waals surface area (Å²) in [7, 11) is 0. The summed E-state index contributed by atoms with van der Waals surface area (Å²) >= 11 is 0. The van der Waals surface area contributed by atoms with Crippen LogP contribution in [0.25, 0.3) is 0 Å². The smallest absolute Gasteiger partial charge is 0.225 e. The molecule has 0 N–H and O–H groups in total. The molecule has 0 radical (unpaired) electrons. The first kappa shape index (κ1) is 15.3. The molecule has 1 spiro atoms. The molecule has 3 heteroatoms. The Morgan fingerprint density at radius 2 is 1.57 bits per heavy atom. The third-order valence-electron chi connectivity index (χ3n) is 6.06. The van der Waals surface area contributed by atoms with Crippen LogP contribution in [0.1, 0.15) is 65.7 Å². The van der Waals surface area contributed by atoms with Crippen molar-refractivity contribution in [1.82, 2.24) is 9.80 Å². The number of likely N-dealkylation sites (tertiary alicyclic amines) is 2. The van der Waals surface area contributed by atoms with Crippen LogP contribution >= 0.6 is 0 Å². The number of carbonyl (C=O) groups is 1. The zero-order chi connectivity index (χ0) is 15.1. The van der Waals surface area contributed by atoms with Crippen molar-refractivity contribution in [2.45, 2.75) is 71.3 Å². The van der Waals surface area contributed by atoms with Crippen LogP contribution in [-0.2, 0) is 4.79 Å². The molecule has 3 fully saturated rings. The van der Waals surface area contributed by atoms with Crippen molar-refractivity contribution in [3.8, 4) is 0 Å². The van der Waals surface area contributed by atoms with E-state index < -0.39 is 0 Å². The first-order valence-electron chi connectivity index (χ1n) is 8.94. The lowest BCUT2D eigenvalue weighted by Gasteiger charge is -2.58. The monoisotopic (exact) mass is 292 g/mol. The van der Waals surface area contributed by atoms with Crippen LogP contribution in [0, 0.1) is 11.3 Å². The Morgan fingerprint density at radius 3 is 2.10 bits per heavy atom. The van der Waals surface area contributed by atoms with E-state index in [0.29, 0.717) is 22.8 Å². The van der Waals surface area contributed by atoms with E-state index in [0.717, 1.165) is 25.9 Å². The minimum atomic E-state index is 0.311. The third-order valence-corrected chi connectivity index (χ3v) is 6.06. The topological polar surface area (TPSA) is 23.6 Å². The van der Waals surface area contributed by atoms with Gasteiger partial charge in [-0.2, -0.15) is 0 Å². The Hall–Kier alpha value is -0.570. The molecule has 1 saturated carbocycles. The number of hydrogen-bond donors (Lipinski definition) is 0. The summed E-state index contributed by atoms with van der Waals surface area (Å²) in [6.45, 7) is 11.5. The number of carbonyl (C=O) groups excluding carboxylic acids is 1. The lowest BCUT2D eigenvalue weighted by atomic mass is 9.64. The summed E-state index contributed by atoms with van der Waals surface area (Å²) < 4.78 is 0. The molecule has 21 heavy (non-hydrogen) atoms. The van der Waals surface area contributed by atoms with E-state index in [4.69, 9.17) is 0 Å². The van der Waals surface area contributed by atoms with E-state index in [2.05, 4.69) is 30.6 Å². The summed E-state index contributed by atoms with van der Waals surface area (Å²) in [5, 5.41) is 0. The maximum atomic E-state index is 12.6. The Morgan fingerprint density at radius 1 is 1.00 bits per heavy atom. The molecule has 2 aliphatic heterocycles. The molecule has 3 aliphatic rings. The highest BCUT2D eigenvalue weighted by atomic mass is 16.2. The van der Waals surface area contributed by atoms with E-state index in [9.17, 15) is 4.79 Å². The van der Waals surface area contributed by atoms with Gasteiger partial charge in [-0.15, -0.1) is 0 Å². The number of nitrogens with zero attached hydrogens (tertiary/aromatic N) is 2. The van der Waals surface area contributed by atoms with Gasteiger partial charge < -0.3 is 4.90 Å². The van der Waals surface area contributed by atoms with Gasteiger partial charge in [0.15, 0.2) is 0 Å². The van der Waals surface area contributed by atoms with Crippen LogP contribution in [0.5, 0.6) is 0 Å². The molecule has 0 aromatic heterocycles. The fourth-order valence-corrected chi connectivity index (χ4v) is 4.40. The van der Waals surface area contributed by atoms with E-state index >= 15 is 0 Å². The van der Waals surface area contributed by atoms with Gasteiger partial charge in [-0.25, -0.2) is 0 Å². The molecular formula is C18H32N2O. The second kappa shape index (κ2) is 5.57. The van der Waals surface area contributed by atoms with Crippen LogP contribution < -0.4 is 0 Å². The molecule has 0 bridgehead atoms. The average molecular weight is 292 g/mol. The second-order valence-corrected chi connectivity index (χ2v) is 8.69. The lowest BCUT2D eigenvalue weighted by Crippen LogP contribution is -2.63. The minimum absolute atomic E-state index is 0.311. The molecule has 1 amide bonds. The van der Waals surface area contributed by atoms with Gasteiger partial charge in [0.1, 0.15) is 0 Å². The second-order valence-electron chi connectivity index (χ2n) is 8.69. The standard InChI is InChI=1S/C18H32N2O/c1-17(2,3)20-13-18(14-20)9-7-15(8-10-18)16(21)19-11-5-4-6-12-19/h15H,4-14H2,1-3H3. The predicted octanol–water partition coefficient (Wildman–Crippen LogP) is 3.29. The van der Waals surface area contributed by atoms with Crippen molar-refractivity contribution in [2.75, 3.05) is 26.2 Å². The van der Waals surface area contributed by atoms with Crippen LogP contribution in [0.4, 0.5) is 0 Å². The summed E-state index contributed by atoms with van der Waals surface area (Å²) in [6, 6.07) is 0. The van der Waals surface area contributed by atoms with Gasteiger partial charge in [-0.1, -0.05) is 0 Å². The third kappa shape index (κ3) is 3.13. The largest absolute Gasteiger partial charge is 0.342 e. The number of piperidine rings is 1. The molecule has 2 saturated heterocycles. The molecule has 1 aliphatic carbocycles. The number of hydrogen-bond acceptors (Lipinski definition) is 2. The molecule has 0 aromatic carbocycles. The summed E-state index contributed by atoms with van der Waals surface area (Å²) in [6.07, 6.45) is 8.53. The van der Waals surface area contributed by atoms with Crippen molar-refractivity contribution < 1.29 is 4.79 Å². The van der Waals surface area contributed by atoms with Crippen LogP contribution in [0.15, 0.2) is 0 Å². The fraction of sp³-hybridized carbons (Fsp3) is 0.944. The molecule has 0 unspecified atom stereocenters. The SMILES string of the molecule is CC(C)(C)N1CC2(CCC(C(=O)N3CCCCC3)CC2)C1. The van der Waals surface area contributed by atoms with Gasteiger partial charge in [0.2, 0.25) is 5.91 Å². The molecule has 2 heterocycles. The first-order valence-corrected chi connectivity index (χ1v) is 8.94. The van der Waals surface area contributed by atoms with E-state index in [1.807, 2.05) is 0 Å². The Bertz CT molecular complexity index is 377. The van der Waals surface area contributed by atoms with Gasteiger partial charge in [0, 0.05) is 37.6 Å². The summed E-state index contributed by atoms with van der Waals surface area (Å²) in [4.78, 5) is 17.4. The molecule has 3 nitrogen and oxygen atoms in total. The van der Waals surface area contributed by atoms with Gasteiger partial charge in [-0.05, 0) is 71.1 Å². The van der Waals surface area contributed by atoms with Crippen molar-refractivity contribution in [2.24, 2.45) is 11.3 Å². The maximum Gasteiger partial charge on any atom is 0.225 e. The highest BCUT2D eigenvalue weighted by molar-refractivity contribution is 5.79. The Kier molecular flexibility index (Phi) is 4.06.